The molecule has 2 aromatic heterocycles. The van der Waals surface area contributed by atoms with Crippen LogP contribution >= 0.6 is 0 Å². The second kappa shape index (κ2) is 7.36. The lowest BCUT2D eigenvalue weighted by Gasteiger charge is -1.99. The number of carbonyl (C=O) groups excluding carboxylic acids is 1. The van der Waals surface area contributed by atoms with Crippen molar-refractivity contribution in [2.75, 3.05) is 0 Å². The van der Waals surface area contributed by atoms with E-state index in [1.807, 2.05) is 55.7 Å². The Kier molecular flexibility index (Phi) is 4.81. The quantitative estimate of drug-likeness (QED) is 0.748. The lowest BCUT2D eigenvalue weighted by molar-refractivity contribution is 0.0946. The SMILES string of the molecule is Cn1cc(CNC(=O)c2cn(CC=Cc3ccccc3)nn2)cn1. The van der Waals surface area contributed by atoms with Crippen LogP contribution in [0.5, 0.6) is 0 Å². The van der Waals surface area contributed by atoms with Crippen LogP contribution in [0.2, 0.25) is 0 Å². The van der Waals surface area contributed by atoms with E-state index in [-0.39, 0.29) is 5.91 Å². The Morgan fingerprint density at radius 2 is 2.08 bits per heavy atom. The number of carbonyl (C=O) groups is 1. The van der Waals surface area contributed by atoms with Gasteiger partial charge in [0.25, 0.3) is 5.91 Å². The molecule has 3 rings (SSSR count). The molecule has 0 aliphatic carbocycles. The Balaban J connectivity index is 1.52. The first-order valence-corrected chi connectivity index (χ1v) is 7.58. The maximum atomic E-state index is 12.1. The van der Waals surface area contributed by atoms with Crippen molar-refractivity contribution < 1.29 is 4.79 Å². The summed E-state index contributed by atoms with van der Waals surface area (Å²) >= 11 is 0. The van der Waals surface area contributed by atoms with Gasteiger partial charge in [0.15, 0.2) is 5.69 Å². The van der Waals surface area contributed by atoms with Gasteiger partial charge in [-0.05, 0) is 5.56 Å². The number of amides is 1. The highest BCUT2D eigenvalue weighted by Crippen LogP contribution is 2.02. The van der Waals surface area contributed by atoms with Gasteiger partial charge in [0, 0.05) is 25.4 Å². The van der Waals surface area contributed by atoms with E-state index in [2.05, 4.69) is 20.7 Å². The van der Waals surface area contributed by atoms with Crippen molar-refractivity contribution in [3.8, 4) is 0 Å². The molecule has 0 saturated heterocycles. The molecule has 0 spiro atoms. The van der Waals surface area contributed by atoms with E-state index in [1.54, 1.807) is 21.8 Å². The molecule has 24 heavy (non-hydrogen) atoms. The molecule has 0 aliphatic heterocycles. The first kappa shape index (κ1) is 15.7. The summed E-state index contributed by atoms with van der Waals surface area (Å²) in [5, 5.41) is 14.7. The third-order valence-electron chi connectivity index (χ3n) is 3.39. The Labute approximate surface area is 139 Å². The lowest BCUT2D eigenvalue weighted by atomic mass is 10.2. The Bertz CT molecular complexity index is 834. The molecule has 1 amide bonds. The summed E-state index contributed by atoms with van der Waals surface area (Å²) in [6.45, 7) is 0.964. The topological polar surface area (TPSA) is 77.6 Å². The molecular formula is C17H18N6O. The molecule has 0 bridgehead atoms. The van der Waals surface area contributed by atoms with Gasteiger partial charge in [-0.25, -0.2) is 4.68 Å². The molecule has 0 atom stereocenters. The van der Waals surface area contributed by atoms with Crippen LogP contribution in [0, 0.1) is 0 Å². The third kappa shape index (κ3) is 4.16. The molecule has 0 unspecified atom stereocenters. The standard InChI is InChI=1S/C17H18N6O/c1-22-12-15(11-19-22)10-18-17(24)16-13-23(21-20-16)9-5-8-14-6-3-2-4-7-14/h2-8,11-13H,9-10H2,1H3,(H,18,24). The molecule has 0 aliphatic rings. The highest BCUT2D eigenvalue weighted by Gasteiger charge is 2.10. The van der Waals surface area contributed by atoms with Crippen molar-refractivity contribution in [1.29, 1.82) is 0 Å². The number of rotatable bonds is 6. The lowest BCUT2D eigenvalue weighted by Crippen LogP contribution is -2.23. The van der Waals surface area contributed by atoms with Crippen LogP contribution in [-0.2, 0) is 20.1 Å². The number of hydrogen-bond donors (Lipinski definition) is 1. The fraction of sp³-hybridized carbons (Fsp3) is 0.176. The largest absolute Gasteiger partial charge is 0.346 e. The number of nitrogens with zero attached hydrogens (tertiary/aromatic N) is 5. The van der Waals surface area contributed by atoms with Crippen LogP contribution in [0.3, 0.4) is 0 Å². The van der Waals surface area contributed by atoms with Gasteiger partial charge in [0.2, 0.25) is 0 Å². The molecule has 1 N–H and O–H groups in total. The van der Waals surface area contributed by atoms with Crippen molar-refractivity contribution in [2.24, 2.45) is 7.05 Å². The third-order valence-corrected chi connectivity index (χ3v) is 3.39. The van der Waals surface area contributed by atoms with Gasteiger partial charge in [-0.15, -0.1) is 5.10 Å². The van der Waals surface area contributed by atoms with Gasteiger partial charge in [-0.2, -0.15) is 5.10 Å². The molecule has 0 radical (unpaired) electrons. The van der Waals surface area contributed by atoms with Gasteiger partial charge >= 0.3 is 0 Å². The van der Waals surface area contributed by atoms with E-state index in [0.717, 1.165) is 11.1 Å². The van der Waals surface area contributed by atoms with Crippen LogP contribution in [0.1, 0.15) is 21.6 Å². The number of aromatic nitrogens is 5. The number of hydrogen-bond acceptors (Lipinski definition) is 4. The summed E-state index contributed by atoms with van der Waals surface area (Å²) in [4.78, 5) is 12.1. The van der Waals surface area contributed by atoms with Crippen molar-refractivity contribution in [3.05, 3.63) is 71.8 Å². The number of nitrogens with one attached hydrogen (secondary N) is 1. The van der Waals surface area contributed by atoms with Crippen molar-refractivity contribution in [3.63, 3.8) is 0 Å². The van der Waals surface area contributed by atoms with Crippen LogP contribution in [-0.4, -0.2) is 30.7 Å². The van der Waals surface area contributed by atoms with Gasteiger partial charge in [0.05, 0.1) is 18.9 Å². The maximum Gasteiger partial charge on any atom is 0.273 e. The second-order valence-corrected chi connectivity index (χ2v) is 5.34. The maximum absolute atomic E-state index is 12.1. The molecule has 1 aromatic carbocycles. The monoisotopic (exact) mass is 322 g/mol. The second-order valence-electron chi connectivity index (χ2n) is 5.34. The van der Waals surface area contributed by atoms with Crippen LogP contribution < -0.4 is 5.32 Å². The van der Waals surface area contributed by atoms with Crippen molar-refractivity contribution in [1.82, 2.24) is 30.1 Å². The minimum atomic E-state index is -0.253. The molecule has 0 fully saturated rings. The fourth-order valence-electron chi connectivity index (χ4n) is 2.19. The first-order chi connectivity index (χ1) is 11.7. The average Bonchev–Trinajstić information content (AvgIpc) is 3.23. The van der Waals surface area contributed by atoms with Crippen LogP contribution in [0.4, 0.5) is 0 Å². The van der Waals surface area contributed by atoms with Crippen molar-refractivity contribution >= 4 is 12.0 Å². The Hall–Kier alpha value is -3.22. The number of allylic oxidation sites excluding steroid dienone is 1. The molecule has 7 nitrogen and oxygen atoms in total. The Morgan fingerprint density at radius 3 is 2.83 bits per heavy atom. The molecule has 0 saturated carbocycles. The zero-order valence-corrected chi connectivity index (χ0v) is 13.3. The number of aryl methyl sites for hydroxylation is 1. The van der Waals surface area contributed by atoms with Crippen LogP contribution in [0.15, 0.2) is 55.0 Å². The summed E-state index contributed by atoms with van der Waals surface area (Å²) in [7, 11) is 1.83. The van der Waals surface area contributed by atoms with E-state index in [1.165, 1.54) is 0 Å². The summed E-state index contributed by atoms with van der Waals surface area (Å²) < 4.78 is 3.31. The predicted molar refractivity (Wildman–Crippen MR) is 89.9 cm³/mol. The fourth-order valence-corrected chi connectivity index (χ4v) is 2.19. The summed E-state index contributed by atoms with van der Waals surface area (Å²) in [5.41, 5.74) is 2.35. The first-order valence-electron chi connectivity index (χ1n) is 7.58. The molecule has 3 aromatic rings. The zero-order chi connectivity index (χ0) is 16.8. The minimum Gasteiger partial charge on any atom is -0.346 e. The van der Waals surface area contributed by atoms with Gasteiger partial charge in [-0.1, -0.05) is 47.7 Å². The Morgan fingerprint density at radius 1 is 1.25 bits per heavy atom. The molecular weight excluding hydrogens is 304 g/mol. The zero-order valence-electron chi connectivity index (χ0n) is 13.3. The minimum absolute atomic E-state index is 0.253. The highest BCUT2D eigenvalue weighted by molar-refractivity contribution is 5.91. The summed E-state index contributed by atoms with van der Waals surface area (Å²) in [5.74, 6) is -0.253. The predicted octanol–water partition coefficient (Wildman–Crippen LogP) is 1.65. The van der Waals surface area contributed by atoms with E-state index < -0.39 is 0 Å². The highest BCUT2D eigenvalue weighted by atomic mass is 16.2. The van der Waals surface area contributed by atoms with Gasteiger partial charge in [0.1, 0.15) is 0 Å². The normalized spacial score (nSPS) is 11.0. The van der Waals surface area contributed by atoms with E-state index >= 15 is 0 Å². The van der Waals surface area contributed by atoms with Crippen LogP contribution in [0.25, 0.3) is 6.08 Å². The number of benzene rings is 1. The smallest absolute Gasteiger partial charge is 0.273 e. The van der Waals surface area contributed by atoms with Crippen molar-refractivity contribution in [2.45, 2.75) is 13.1 Å². The van der Waals surface area contributed by atoms with E-state index in [0.29, 0.717) is 18.8 Å². The van der Waals surface area contributed by atoms with Gasteiger partial charge < -0.3 is 5.32 Å². The summed E-state index contributed by atoms with van der Waals surface area (Å²) in [6, 6.07) is 10.00. The summed E-state index contributed by atoms with van der Waals surface area (Å²) in [6.07, 6.45) is 9.18. The molecule has 7 heteroatoms. The van der Waals surface area contributed by atoms with E-state index in [9.17, 15) is 4.79 Å². The van der Waals surface area contributed by atoms with E-state index in [4.69, 9.17) is 0 Å². The van der Waals surface area contributed by atoms with Gasteiger partial charge in [-0.3, -0.25) is 9.48 Å². The molecule has 122 valence electrons. The molecule has 2 heterocycles. The average molecular weight is 322 g/mol.